The highest BCUT2D eigenvalue weighted by Crippen LogP contribution is 2.38. The number of carbonyl (C=O) groups is 2. The number of para-hydroxylation sites is 1. The van der Waals surface area contributed by atoms with Crippen molar-refractivity contribution in [2.75, 3.05) is 31.6 Å². The maximum atomic E-state index is 13.1. The first-order chi connectivity index (χ1) is 20.0. The molecule has 0 fully saturated rings. The van der Waals surface area contributed by atoms with E-state index in [0.29, 0.717) is 47.0 Å². The molecule has 0 atom stereocenters. The Labute approximate surface area is 244 Å². The first-order valence-corrected chi connectivity index (χ1v) is 14.7. The van der Waals surface area contributed by atoms with Crippen LogP contribution < -0.4 is 20.1 Å². The van der Waals surface area contributed by atoms with Gasteiger partial charge >= 0.3 is 0 Å². The standard InChI is InChI=1S/C32H34N4O4S/c1-4-36(5-2)17-8-18-39-23-13-11-22(12-14-23)32-34-20-24(41-32)19-33-30(37)25-15-16-28-29(21(25)3)35-31(38)26-9-6-7-10-27(26)40-28/h6-7,9-16,20H,4-5,8,17-19H2,1-3H3,(H,33,37)(H,35,38). The SMILES string of the molecule is CCN(CC)CCCOc1ccc(-c2ncc(CNC(=O)c3ccc4c(c3C)NC(=O)c3ccccc3O4)s2)cc1. The lowest BCUT2D eigenvalue weighted by atomic mass is 10.0. The van der Waals surface area contributed by atoms with Crippen molar-refractivity contribution in [3.05, 3.63) is 88.4 Å². The number of aromatic nitrogens is 1. The first kappa shape index (κ1) is 28.3. The number of carbonyl (C=O) groups excluding carboxylic acids is 2. The minimum atomic E-state index is -0.271. The molecule has 0 spiro atoms. The lowest BCUT2D eigenvalue weighted by Crippen LogP contribution is -2.25. The van der Waals surface area contributed by atoms with Crippen molar-refractivity contribution in [1.82, 2.24) is 15.2 Å². The Morgan fingerprint density at radius 2 is 1.83 bits per heavy atom. The molecule has 5 rings (SSSR count). The van der Waals surface area contributed by atoms with Crippen molar-refractivity contribution >= 4 is 28.8 Å². The molecule has 8 nitrogen and oxygen atoms in total. The van der Waals surface area contributed by atoms with E-state index in [4.69, 9.17) is 9.47 Å². The zero-order chi connectivity index (χ0) is 28.8. The van der Waals surface area contributed by atoms with Crippen LogP contribution in [0.4, 0.5) is 5.69 Å². The minimum Gasteiger partial charge on any atom is -0.494 e. The molecule has 3 aromatic carbocycles. The van der Waals surface area contributed by atoms with Crippen LogP contribution >= 0.6 is 11.3 Å². The fourth-order valence-electron chi connectivity index (χ4n) is 4.71. The molecule has 9 heteroatoms. The lowest BCUT2D eigenvalue weighted by molar-refractivity contribution is 0.0949. The van der Waals surface area contributed by atoms with Gasteiger partial charge in [0.05, 0.1) is 24.4 Å². The summed E-state index contributed by atoms with van der Waals surface area (Å²) in [5.41, 5.74) is 3.05. The van der Waals surface area contributed by atoms with E-state index in [1.807, 2.05) is 30.3 Å². The quantitative estimate of drug-likeness (QED) is 0.200. The summed E-state index contributed by atoms with van der Waals surface area (Å²) in [5, 5.41) is 6.76. The number of ether oxygens (including phenoxy) is 2. The van der Waals surface area contributed by atoms with Gasteiger partial charge in [-0.2, -0.15) is 0 Å². The molecular weight excluding hydrogens is 536 g/mol. The smallest absolute Gasteiger partial charge is 0.259 e. The second-order valence-corrected chi connectivity index (χ2v) is 10.8. The van der Waals surface area contributed by atoms with Crippen LogP contribution in [0.15, 0.2) is 66.9 Å². The van der Waals surface area contributed by atoms with Crippen LogP contribution in [0.25, 0.3) is 10.6 Å². The Bertz CT molecular complexity index is 1530. The van der Waals surface area contributed by atoms with Gasteiger partial charge in [-0.15, -0.1) is 11.3 Å². The summed E-state index contributed by atoms with van der Waals surface area (Å²) in [6.07, 6.45) is 2.78. The Morgan fingerprint density at radius 1 is 1.05 bits per heavy atom. The van der Waals surface area contributed by atoms with Crippen LogP contribution in [0.3, 0.4) is 0 Å². The molecule has 0 aliphatic carbocycles. The summed E-state index contributed by atoms with van der Waals surface area (Å²) >= 11 is 1.53. The molecule has 1 aromatic heterocycles. The van der Waals surface area contributed by atoms with Gasteiger partial charge in [0.2, 0.25) is 0 Å². The molecule has 41 heavy (non-hydrogen) atoms. The summed E-state index contributed by atoms with van der Waals surface area (Å²) in [6.45, 7) is 10.3. The summed E-state index contributed by atoms with van der Waals surface area (Å²) in [6, 6.07) is 18.4. The molecule has 212 valence electrons. The molecule has 0 saturated carbocycles. The molecule has 1 aliphatic rings. The molecular formula is C32H34N4O4S. The third-order valence-electron chi connectivity index (χ3n) is 7.12. The number of nitrogens with zero attached hydrogens (tertiary/aromatic N) is 2. The van der Waals surface area contributed by atoms with Crippen LogP contribution in [0, 0.1) is 6.92 Å². The molecule has 1 aliphatic heterocycles. The van der Waals surface area contributed by atoms with Gasteiger partial charge < -0.3 is 25.0 Å². The predicted octanol–water partition coefficient (Wildman–Crippen LogP) is 6.52. The number of rotatable bonds is 11. The number of benzene rings is 3. The van der Waals surface area contributed by atoms with Gasteiger partial charge in [0.15, 0.2) is 5.75 Å². The Balaban J connectivity index is 1.17. The van der Waals surface area contributed by atoms with Gasteiger partial charge in [-0.1, -0.05) is 26.0 Å². The molecule has 0 radical (unpaired) electrons. The fraction of sp³-hybridized carbons (Fsp3) is 0.281. The van der Waals surface area contributed by atoms with Gasteiger partial charge in [0, 0.05) is 28.7 Å². The highest BCUT2D eigenvalue weighted by Gasteiger charge is 2.24. The molecule has 4 aromatic rings. The largest absolute Gasteiger partial charge is 0.494 e. The number of anilines is 1. The van der Waals surface area contributed by atoms with Gasteiger partial charge in [0.25, 0.3) is 11.8 Å². The van der Waals surface area contributed by atoms with Crippen molar-refractivity contribution in [1.29, 1.82) is 0 Å². The predicted molar refractivity (Wildman–Crippen MR) is 162 cm³/mol. The van der Waals surface area contributed by atoms with Crippen LogP contribution in [0.5, 0.6) is 17.2 Å². The number of hydrogen-bond donors (Lipinski definition) is 2. The molecule has 0 unspecified atom stereocenters. The Hall–Kier alpha value is -4.21. The van der Waals surface area contributed by atoms with E-state index >= 15 is 0 Å². The summed E-state index contributed by atoms with van der Waals surface area (Å²) in [7, 11) is 0. The monoisotopic (exact) mass is 570 g/mol. The number of thiazole rings is 1. The molecule has 2 heterocycles. The second-order valence-electron chi connectivity index (χ2n) is 9.73. The van der Waals surface area contributed by atoms with Crippen molar-refractivity contribution in [2.45, 2.75) is 33.7 Å². The average Bonchev–Trinajstić information content (AvgIpc) is 3.41. The number of nitrogens with one attached hydrogen (secondary N) is 2. The van der Waals surface area contributed by atoms with Crippen molar-refractivity contribution in [3.63, 3.8) is 0 Å². The maximum Gasteiger partial charge on any atom is 0.259 e. The van der Waals surface area contributed by atoms with Crippen molar-refractivity contribution in [2.24, 2.45) is 0 Å². The van der Waals surface area contributed by atoms with Crippen LogP contribution in [0.1, 0.15) is 51.4 Å². The number of fused-ring (bicyclic) bond motifs is 2. The van der Waals surface area contributed by atoms with E-state index in [1.54, 1.807) is 43.5 Å². The summed E-state index contributed by atoms with van der Waals surface area (Å²) < 4.78 is 11.9. The minimum absolute atomic E-state index is 0.237. The van der Waals surface area contributed by atoms with Crippen LogP contribution in [-0.4, -0.2) is 47.9 Å². The summed E-state index contributed by atoms with van der Waals surface area (Å²) in [5.74, 6) is 1.32. The zero-order valence-electron chi connectivity index (χ0n) is 23.5. The van der Waals surface area contributed by atoms with E-state index in [0.717, 1.165) is 47.3 Å². The lowest BCUT2D eigenvalue weighted by Gasteiger charge is -2.17. The van der Waals surface area contributed by atoms with Crippen molar-refractivity contribution in [3.8, 4) is 27.8 Å². The van der Waals surface area contributed by atoms with E-state index in [1.165, 1.54) is 11.3 Å². The van der Waals surface area contributed by atoms with Gasteiger partial charge in [0.1, 0.15) is 16.5 Å². The first-order valence-electron chi connectivity index (χ1n) is 13.9. The number of hydrogen-bond acceptors (Lipinski definition) is 7. The molecule has 2 amide bonds. The van der Waals surface area contributed by atoms with E-state index < -0.39 is 0 Å². The van der Waals surface area contributed by atoms with Crippen LogP contribution in [-0.2, 0) is 6.54 Å². The molecule has 2 N–H and O–H groups in total. The van der Waals surface area contributed by atoms with Gasteiger partial charge in [-0.25, -0.2) is 4.98 Å². The average molecular weight is 571 g/mol. The maximum absolute atomic E-state index is 13.1. The van der Waals surface area contributed by atoms with Crippen molar-refractivity contribution < 1.29 is 19.1 Å². The highest BCUT2D eigenvalue weighted by molar-refractivity contribution is 7.15. The molecule has 0 bridgehead atoms. The zero-order valence-corrected chi connectivity index (χ0v) is 24.3. The third kappa shape index (κ3) is 6.58. The van der Waals surface area contributed by atoms with Crippen LogP contribution in [0.2, 0.25) is 0 Å². The third-order valence-corrected chi connectivity index (χ3v) is 8.17. The number of amides is 2. The van der Waals surface area contributed by atoms with Gasteiger partial charge in [-0.05, 0) is 80.5 Å². The topological polar surface area (TPSA) is 92.8 Å². The summed E-state index contributed by atoms with van der Waals surface area (Å²) in [4.78, 5) is 33.7. The van der Waals surface area contributed by atoms with E-state index in [2.05, 4.69) is 34.4 Å². The van der Waals surface area contributed by atoms with Gasteiger partial charge in [-0.3, -0.25) is 9.59 Å². The van der Waals surface area contributed by atoms with E-state index in [-0.39, 0.29) is 11.8 Å². The molecule has 0 saturated heterocycles. The highest BCUT2D eigenvalue weighted by atomic mass is 32.1. The Morgan fingerprint density at radius 3 is 2.61 bits per heavy atom. The fourth-order valence-corrected chi connectivity index (χ4v) is 5.57. The van der Waals surface area contributed by atoms with E-state index in [9.17, 15) is 9.59 Å². The second kappa shape index (κ2) is 13.0. The Kier molecular flexibility index (Phi) is 8.96. The normalized spacial score (nSPS) is 12.1.